The number of hydrogen-bond donors (Lipinski definition) is 0. The first-order valence-corrected chi connectivity index (χ1v) is 7.32. The number of nitrogens with zero attached hydrogens (tertiary/aromatic N) is 3. The van der Waals surface area contributed by atoms with Gasteiger partial charge < -0.3 is 0 Å². The highest BCUT2D eigenvalue weighted by Crippen LogP contribution is 2.19. The van der Waals surface area contributed by atoms with Gasteiger partial charge in [-0.3, -0.25) is 9.80 Å². The topological polar surface area (TPSA) is 30.3 Å². The molecular weight excluding hydrogens is 253 g/mol. The van der Waals surface area contributed by atoms with Crippen molar-refractivity contribution in [3.8, 4) is 6.07 Å². The molecule has 1 aliphatic rings. The van der Waals surface area contributed by atoms with E-state index in [0.29, 0.717) is 11.6 Å². The molecule has 1 saturated heterocycles. The second kappa shape index (κ2) is 6.83. The molecule has 4 heteroatoms. The fourth-order valence-corrected chi connectivity index (χ4v) is 3.06. The van der Waals surface area contributed by atoms with Crippen LogP contribution in [0.3, 0.4) is 0 Å². The van der Waals surface area contributed by atoms with Crippen molar-refractivity contribution in [2.24, 2.45) is 0 Å². The maximum absolute atomic E-state index is 13.4. The number of rotatable bonds is 5. The first-order chi connectivity index (χ1) is 9.66. The Morgan fingerprint density at radius 3 is 2.75 bits per heavy atom. The predicted octanol–water partition coefficient (Wildman–Crippen LogP) is 2.61. The van der Waals surface area contributed by atoms with Gasteiger partial charge >= 0.3 is 0 Å². The third kappa shape index (κ3) is 3.56. The molecule has 108 valence electrons. The highest BCUT2D eigenvalue weighted by molar-refractivity contribution is 5.33. The Bertz CT molecular complexity index is 491. The molecule has 0 bridgehead atoms. The number of hydrogen-bond acceptors (Lipinski definition) is 3. The predicted molar refractivity (Wildman–Crippen MR) is 77.7 cm³/mol. The van der Waals surface area contributed by atoms with Gasteiger partial charge in [0.1, 0.15) is 5.82 Å². The van der Waals surface area contributed by atoms with Gasteiger partial charge in [0.15, 0.2) is 0 Å². The minimum absolute atomic E-state index is 0.321. The lowest BCUT2D eigenvalue weighted by Gasteiger charge is -2.26. The molecule has 3 nitrogen and oxygen atoms in total. The van der Waals surface area contributed by atoms with E-state index in [-0.39, 0.29) is 5.82 Å². The smallest absolute Gasteiger partial charge is 0.124 e. The van der Waals surface area contributed by atoms with Gasteiger partial charge in [-0.2, -0.15) is 5.26 Å². The van der Waals surface area contributed by atoms with Crippen LogP contribution < -0.4 is 0 Å². The summed E-state index contributed by atoms with van der Waals surface area (Å²) in [5.74, 6) is -0.321. The lowest BCUT2D eigenvalue weighted by Crippen LogP contribution is -2.37. The molecule has 1 aliphatic heterocycles. The summed E-state index contributed by atoms with van der Waals surface area (Å²) >= 11 is 0. The minimum atomic E-state index is -0.321. The van der Waals surface area contributed by atoms with Crippen LogP contribution in [0, 0.1) is 17.1 Å². The van der Waals surface area contributed by atoms with Crippen LogP contribution in [-0.2, 0) is 6.54 Å². The molecule has 1 heterocycles. The summed E-state index contributed by atoms with van der Waals surface area (Å²) < 4.78 is 13.4. The van der Waals surface area contributed by atoms with E-state index in [1.807, 2.05) is 6.07 Å². The van der Waals surface area contributed by atoms with Crippen LogP contribution in [-0.4, -0.2) is 42.0 Å². The van der Waals surface area contributed by atoms with Crippen molar-refractivity contribution in [2.75, 3.05) is 26.2 Å². The molecular formula is C16H22FN3. The molecule has 1 unspecified atom stereocenters. The minimum Gasteiger partial charge on any atom is -0.300 e. The molecule has 1 fully saturated rings. The van der Waals surface area contributed by atoms with Crippen LogP contribution in [0.25, 0.3) is 0 Å². The lowest BCUT2D eigenvalue weighted by atomic mass is 10.1. The quantitative estimate of drug-likeness (QED) is 0.827. The standard InChI is InChI=1S/C16H22FN3/c1-3-20(4-2)16-5-6-19(12-16)11-14-7-13(10-18)8-15(17)9-14/h7-9,16H,3-6,11-12H2,1-2H3. The van der Waals surface area contributed by atoms with Gasteiger partial charge in [0.2, 0.25) is 0 Å². The number of likely N-dealkylation sites (tertiary alicyclic amines) is 1. The molecule has 0 aromatic heterocycles. The van der Waals surface area contributed by atoms with E-state index in [0.717, 1.165) is 38.3 Å². The summed E-state index contributed by atoms with van der Waals surface area (Å²) in [6.45, 7) is 9.33. The van der Waals surface area contributed by atoms with E-state index in [1.54, 1.807) is 6.07 Å². The molecule has 0 saturated carbocycles. The molecule has 0 amide bonds. The Hall–Kier alpha value is -1.44. The Morgan fingerprint density at radius 1 is 1.35 bits per heavy atom. The van der Waals surface area contributed by atoms with Crippen LogP contribution in [0.1, 0.15) is 31.4 Å². The molecule has 1 aromatic carbocycles. The Labute approximate surface area is 120 Å². The number of nitriles is 1. The highest BCUT2D eigenvalue weighted by Gasteiger charge is 2.26. The van der Waals surface area contributed by atoms with E-state index in [1.165, 1.54) is 18.6 Å². The average molecular weight is 275 g/mol. The molecule has 2 rings (SSSR count). The lowest BCUT2D eigenvalue weighted by molar-refractivity contribution is 0.209. The Morgan fingerprint density at radius 2 is 2.10 bits per heavy atom. The molecule has 1 atom stereocenters. The highest BCUT2D eigenvalue weighted by atomic mass is 19.1. The molecule has 0 N–H and O–H groups in total. The van der Waals surface area contributed by atoms with Gasteiger partial charge in [0, 0.05) is 25.7 Å². The third-order valence-electron chi connectivity index (χ3n) is 4.07. The first-order valence-electron chi connectivity index (χ1n) is 7.32. The fraction of sp³-hybridized carbons (Fsp3) is 0.562. The molecule has 1 aromatic rings. The van der Waals surface area contributed by atoms with Gasteiger partial charge in [0.25, 0.3) is 0 Å². The normalized spacial score (nSPS) is 19.4. The van der Waals surface area contributed by atoms with Crippen molar-refractivity contribution in [3.05, 3.63) is 35.1 Å². The summed E-state index contributed by atoms with van der Waals surface area (Å²) in [6, 6.07) is 7.22. The largest absolute Gasteiger partial charge is 0.300 e. The molecule has 0 radical (unpaired) electrons. The maximum atomic E-state index is 13.4. The number of benzene rings is 1. The van der Waals surface area contributed by atoms with E-state index >= 15 is 0 Å². The zero-order chi connectivity index (χ0) is 14.5. The molecule has 20 heavy (non-hydrogen) atoms. The Kier molecular flexibility index (Phi) is 5.11. The van der Waals surface area contributed by atoms with Crippen molar-refractivity contribution >= 4 is 0 Å². The SMILES string of the molecule is CCN(CC)C1CCN(Cc2cc(F)cc(C#N)c2)C1. The van der Waals surface area contributed by atoms with Crippen LogP contribution in [0.2, 0.25) is 0 Å². The Balaban J connectivity index is 1.99. The zero-order valence-electron chi connectivity index (χ0n) is 12.3. The van der Waals surface area contributed by atoms with E-state index < -0.39 is 0 Å². The van der Waals surface area contributed by atoms with E-state index in [9.17, 15) is 4.39 Å². The summed E-state index contributed by atoms with van der Waals surface area (Å²) in [5.41, 5.74) is 1.29. The summed E-state index contributed by atoms with van der Waals surface area (Å²) in [6.07, 6.45) is 1.17. The van der Waals surface area contributed by atoms with Crippen LogP contribution in [0.4, 0.5) is 4.39 Å². The van der Waals surface area contributed by atoms with Crippen molar-refractivity contribution in [2.45, 2.75) is 32.9 Å². The molecule has 0 aliphatic carbocycles. The fourth-order valence-electron chi connectivity index (χ4n) is 3.06. The van der Waals surface area contributed by atoms with Crippen molar-refractivity contribution in [3.63, 3.8) is 0 Å². The molecule has 0 spiro atoms. The summed E-state index contributed by atoms with van der Waals surface area (Å²) in [7, 11) is 0. The average Bonchev–Trinajstić information content (AvgIpc) is 2.88. The van der Waals surface area contributed by atoms with Crippen molar-refractivity contribution < 1.29 is 4.39 Å². The second-order valence-corrected chi connectivity index (χ2v) is 5.36. The van der Waals surface area contributed by atoms with Crippen molar-refractivity contribution in [1.82, 2.24) is 9.80 Å². The van der Waals surface area contributed by atoms with E-state index in [2.05, 4.69) is 23.6 Å². The van der Waals surface area contributed by atoms with Gasteiger partial charge in [-0.15, -0.1) is 0 Å². The summed E-state index contributed by atoms with van der Waals surface area (Å²) in [5, 5.41) is 8.89. The van der Waals surface area contributed by atoms with Crippen LogP contribution >= 0.6 is 0 Å². The maximum Gasteiger partial charge on any atom is 0.124 e. The summed E-state index contributed by atoms with van der Waals surface area (Å²) in [4.78, 5) is 4.82. The van der Waals surface area contributed by atoms with Gasteiger partial charge in [-0.05, 0) is 43.3 Å². The third-order valence-corrected chi connectivity index (χ3v) is 4.07. The first kappa shape index (κ1) is 15.0. The van der Waals surface area contributed by atoms with Gasteiger partial charge in [0.05, 0.1) is 11.6 Å². The van der Waals surface area contributed by atoms with Crippen LogP contribution in [0.5, 0.6) is 0 Å². The number of likely N-dealkylation sites (N-methyl/N-ethyl adjacent to an activating group) is 1. The zero-order valence-corrected chi connectivity index (χ0v) is 12.3. The van der Waals surface area contributed by atoms with Crippen LogP contribution in [0.15, 0.2) is 18.2 Å². The van der Waals surface area contributed by atoms with Crippen molar-refractivity contribution in [1.29, 1.82) is 5.26 Å². The van der Waals surface area contributed by atoms with Gasteiger partial charge in [-0.25, -0.2) is 4.39 Å². The van der Waals surface area contributed by atoms with E-state index in [4.69, 9.17) is 5.26 Å². The monoisotopic (exact) mass is 275 g/mol. The number of halogens is 1. The second-order valence-electron chi connectivity index (χ2n) is 5.36. The van der Waals surface area contributed by atoms with Gasteiger partial charge in [-0.1, -0.05) is 13.8 Å².